The number of hydrogen-bond donors (Lipinski definition) is 1. The minimum atomic E-state index is -3.54. The number of amides is 1. The molecule has 122 valence electrons. The molecule has 2 rings (SSSR count). The van der Waals surface area contributed by atoms with Crippen LogP contribution < -0.4 is 5.32 Å². The second-order valence-corrected chi connectivity index (χ2v) is 7.96. The van der Waals surface area contributed by atoms with E-state index in [1.165, 1.54) is 6.92 Å². The van der Waals surface area contributed by atoms with Crippen molar-refractivity contribution in [2.24, 2.45) is 0 Å². The molecule has 0 aliphatic heterocycles. The number of aryl methyl sites for hydroxylation is 1. The quantitative estimate of drug-likeness (QED) is 0.885. The molecule has 0 aromatic heterocycles. The van der Waals surface area contributed by atoms with Gasteiger partial charge in [-0.25, -0.2) is 8.42 Å². The summed E-state index contributed by atoms with van der Waals surface area (Å²) < 4.78 is 24.7. The highest BCUT2D eigenvalue weighted by Gasteiger charge is 2.27. The fraction of sp³-hybridized carbons (Fsp3) is 0.278. The average molecular weight is 331 g/mol. The molecule has 1 atom stereocenters. The first-order valence-corrected chi connectivity index (χ1v) is 9.19. The van der Waals surface area contributed by atoms with Gasteiger partial charge in [0.25, 0.3) is 0 Å². The molecule has 2 aromatic rings. The Morgan fingerprint density at radius 2 is 1.61 bits per heavy atom. The number of rotatable bonds is 6. The summed E-state index contributed by atoms with van der Waals surface area (Å²) in [7, 11) is -3.54. The summed E-state index contributed by atoms with van der Waals surface area (Å²) >= 11 is 0. The van der Waals surface area contributed by atoms with Crippen LogP contribution in [0.1, 0.15) is 23.6 Å². The van der Waals surface area contributed by atoms with Crippen LogP contribution in [0.4, 0.5) is 0 Å². The molecule has 0 aliphatic rings. The summed E-state index contributed by atoms with van der Waals surface area (Å²) in [6, 6.07) is 16.6. The van der Waals surface area contributed by atoms with Crippen molar-refractivity contribution in [1.82, 2.24) is 5.32 Å². The summed E-state index contributed by atoms with van der Waals surface area (Å²) in [5.74, 6) is -0.603. The van der Waals surface area contributed by atoms with Gasteiger partial charge in [0.1, 0.15) is 5.25 Å². The first-order chi connectivity index (χ1) is 10.9. The van der Waals surface area contributed by atoms with Crippen LogP contribution in [0, 0.1) is 6.92 Å². The van der Waals surface area contributed by atoms with Crippen LogP contribution in [0.15, 0.2) is 54.6 Å². The lowest BCUT2D eigenvalue weighted by Gasteiger charge is -2.13. The van der Waals surface area contributed by atoms with Crippen molar-refractivity contribution in [1.29, 1.82) is 0 Å². The fourth-order valence-electron chi connectivity index (χ4n) is 2.13. The molecule has 0 radical (unpaired) electrons. The third-order valence-electron chi connectivity index (χ3n) is 3.71. The number of benzene rings is 2. The Morgan fingerprint density at radius 3 is 2.22 bits per heavy atom. The number of carbonyl (C=O) groups excluding carboxylic acids is 1. The Bertz CT molecular complexity index is 753. The maximum absolute atomic E-state index is 12.3. The molecule has 23 heavy (non-hydrogen) atoms. The normalized spacial score (nSPS) is 12.6. The first-order valence-electron chi connectivity index (χ1n) is 7.47. The lowest BCUT2D eigenvalue weighted by Crippen LogP contribution is -2.38. The molecular formula is C18H21NO3S. The van der Waals surface area contributed by atoms with Gasteiger partial charge in [0, 0.05) is 6.54 Å². The van der Waals surface area contributed by atoms with E-state index in [4.69, 9.17) is 0 Å². The van der Waals surface area contributed by atoms with Gasteiger partial charge in [-0.1, -0.05) is 60.2 Å². The van der Waals surface area contributed by atoms with Gasteiger partial charge >= 0.3 is 0 Å². The van der Waals surface area contributed by atoms with Crippen molar-refractivity contribution < 1.29 is 13.2 Å². The van der Waals surface area contributed by atoms with Crippen molar-refractivity contribution in [3.8, 4) is 0 Å². The standard InChI is InChI=1S/C18H21NO3S/c1-14-8-10-16(11-9-14)12-19-18(20)15(2)23(21,22)13-17-6-4-3-5-7-17/h3-11,15H,12-13H2,1-2H3,(H,19,20). The van der Waals surface area contributed by atoms with E-state index in [9.17, 15) is 13.2 Å². The molecule has 0 aliphatic carbocycles. The summed E-state index contributed by atoms with van der Waals surface area (Å²) in [6.45, 7) is 3.74. The van der Waals surface area contributed by atoms with E-state index < -0.39 is 21.0 Å². The van der Waals surface area contributed by atoms with Crippen molar-refractivity contribution in [2.45, 2.75) is 31.4 Å². The van der Waals surface area contributed by atoms with Gasteiger partial charge in [-0.15, -0.1) is 0 Å². The van der Waals surface area contributed by atoms with Crippen LogP contribution in [-0.4, -0.2) is 19.6 Å². The van der Waals surface area contributed by atoms with Gasteiger partial charge in [-0.2, -0.15) is 0 Å². The zero-order chi connectivity index (χ0) is 16.9. The lowest BCUT2D eigenvalue weighted by atomic mass is 10.1. The first kappa shape index (κ1) is 17.2. The van der Waals surface area contributed by atoms with Gasteiger partial charge in [0.05, 0.1) is 5.75 Å². The number of carbonyl (C=O) groups is 1. The molecule has 5 heteroatoms. The minimum Gasteiger partial charge on any atom is -0.351 e. The van der Waals surface area contributed by atoms with E-state index in [2.05, 4.69) is 5.32 Å². The summed E-state index contributed by atoms with van der Waals surface area (Å²) in [6.07, 6.45) is 0. The van der Waals surface area contributed by atoms with Crippen LogP contribution in [0.3, 0.4) is 0 Å². The van der Waals surface area contributed by atoms with Crippen molar-refractivity contribution in [3.63, 3.8) is 0 Å². The highest BCUT2D eigenvalue weighted by atomic mass is 32.2. The second-order valence-electron chi connectivity index (χ2n) is 5.64. The molecule has 0 heterocycles. The largest absolute Gasteiger partial charge is 0.351 e. The van der Waals surface area contributed by atoms with Gasteiger partial charge < -0.3 is 5.32 Å². The predicted molar refractivity (Wildman–Crippen MR) is 91.6 cm³/mol. The Kier molecular flexibility index (Phi) is 5.55. The molecule has 0 spiro atoms. The summed E-state index contributed by atoms with van der Waals surface area (Å²) in [5.41, 5.74) is 2.76. The maximum Gasteiger partial charge on any atom is 0.238 e. The van der Waals surface area contributed by atoms with Crippen LogP contribution in [0.5, 0.6) is 0 Å². The van der Waals surface area contributed by atoms with Gasteiger partial charge in [-0.3, -0.25) is 4.79 Å². The van der Waals surface area contributed by atoms with E-state index in [-0.39, 0.29) is 5.75 Å². The molecule has 4 nitrogen and oxygen atoms in total. The molecule has 0 saturated carbocycles. The monoisotopic (exact) mass is 331 g/mol. The highest BCUT2D eigenvalue weighted by Crippen LogP contribution is 2.12. The number of hydrogen-bond acceptors (Lipinski definition) is 3. The third-order valence-corrected chi connectivity index (χ3v) is 5.73. The number of sulfone groups is 1. The molecule has 1 N–H and O–H groups in total. The zero-order valence-corrected chi connectivity index (χ0v) is 14.1. The Morgan fingerprint density at radius 1 is 1.00 bits per heavy atom. The molecule has 0 bridgehead atoms. The van der Waals surface area contributed by atoms with Crippen molar-refractivity contribution in [3.05, 3.63) is 71.3 Å². The molecule has 0 saturated heterocycles. The van der Waals surface area contributed by atoms with Crippen LogP contribution in [0.2, 0.25) is 0 Å². The topological polar surface area (TPSA) is 63.2 Å². The van der Waals surface area contributed by atoms with Crippen LogP contribution in [0.25, 0.3) is 0 Å². The van der Waals surface area contributed by atoms with Gasteiger partial charge in [-0.05, 0) is 25.0 Å². The SMILES string of the molecule is Cc1ccc(CNC(=O)C(C)S(=O)(=O)Cc2ccccc2)cc1. The van der Waals surface area contributed by atoms with Crippen LogP contribution >= 0.6 is 0 Å². The van der Waals surface area contributed by atoms with E-state index in [0.717, 1.165) is 11.1 Å². The summed E-state index contributed by atoms with van der Waals surface area (Å²) in [4.78, 5) is 12.1. The van der Waals surface area contributed by atoms with Crippen molar-refractivity contribution in [2.75, 3.05) is 0 Å². The Hall–Kier alpha value is -2.14. The maximum atomic E-state index is 12.3. The minimum absolute atomic E-state index is 0.132. The highest BCUT2D eigenvalue weighted by molar-refractivity contribution is 7.92. The Balaban J connectivity index is 1.96. The smallest absolute Gasteiger partial charge is 0.238 e. The van der Waals surface area contributed by atoms with Crippen LogP contribution in [-0.2, 0) is 26.9 Å². The average Bonchev–Trinajstić information content (AvgIpc) is 2.54. The molecule has 1 amide bonds. The predicted octanol–water partition coefficient (Wildman–Crippen LogP) is 2.61. The van der Waals surface area contributed by atoms with E-state index >= 15 is 0 Å². The van der Waals surface area contributed by atoms with E-state index in [1.807, 2.05) is 37.3 Å². The van der Waals surface area contributed by atoms with E-state index in [0.29, 0.717) is 12.1 Å². The fourth-order valence-corrected chi connectivity index (χ4v) is 3.45. The zero-order valence-electron chi connectivity index (χ0n) is 13.3. The molecule has 2 aromatic carbocycles. The lowest BCUT2D eigenvalue weighted by molar-refractivity contribution is -0.120. The van der Waals surface area contributed by atoms with E-state index in [1.54, 1.807) is 24.3 Å². The van der Waals surface area contributed by atoms with Crippen molar-refractivity contribution >= 4 is 15.7 Å². The molecule has 0 fully saturated rings. The van der Waals surface area contributed by atoms with Gasteiger partial charge in [0.15, 0.2) is 9.84 Å². The van der Waals surface area contributed by atoms with Gasteiger partial charge in [0.2, 0.25) is 5.91 Å². The number of nitrogens with one attached hydrogen (secondary N) is 1. The molecular weight excluding hydrogens is 310 g/mol. The Labute approximate surface area is 137 Å². The third kappa shape index (κ3) is 4.93. The molecule has 1 unspecified atom stereocenters. The summed E-state index contributed by atoms with van der Waals surface area (Å²) in [5, 5.41) is 1.62. The second kappa shape index (κ2) is 7.42.